The Balaban J connectivity index is 2.58. The van der Waals surface area contributed by atoms with Gasteiger partial charge in [-0.3, -0.25) is 0 Å². The molecular formula is C14H22O4Si. The fourth-order valence-corrected chi connectivity index (χ4v) is 2.88. The molecule has 1 rings (SSSR count). The maximum atomic E-state index is 11.4. The van der Waals surface area contributed by atoms with Gasteiger partial charge in [-0.15, -0.1) is 0 Å². The summed E-state index contributed by atoms with van der Waals surface area (Å²) in [5, 5.41) is 9.56. The number of phenols is 1. The maximum Gasteiger partial charge on any atom is 0.341 e. The summed E-state index contributed by atoms with van der Waals surface area (Å²) in [6, 6.07) is 5.81. The number of hydrogen-bond acceptors (Lipinski definition) is 4. The molecule has 0 spiro atoms. The van der Waals surface area contributed by atoms with E-state index in [2.05, 4.69) is 24.4 Å². The third kappa shape index (κ3) is 5.34. The Bertz CT molecular complexity index is 438. The molecule has 4 nitrogen and oxygen atoms in total. The van der Waals surface area contributed by atoms with E-state index in [-0.39, 0.29) is 11.3 Å². The fourth-order valence-electron chi connectivity index (χ4n) is 1.67. The molecule has 1 N–H and O–H groups in total. The molecule has 0 radical (unpaired) electrons. The van der Waals surface area contributed by atoms with Crippen molar-refractivity contribution in [2.45, 2.75) is 32.1 Å². The molecule has 0 amide bonds. The summed E-state index contributed by atoms with van der Waals surface area (Å²) in [7, 11) is 0.248. The first-order valence-electron chi connectivity index (χ1n) is 6.37. The lowest BCUT2D eigenvalue weighted by molar-refractivity contribution is 0.0597. The summed E-state index contributed by atoms with van der Waals surface area (Å²) in [5.41, 5.74) is 0.130. The van der Waals surface area contributed by atoms with Crippen LogP contribution in [0.15, 0.2) is 18.2 Å². The third-order valence-corrected chi connectivity index (χ3v) is 4.57. The zero-order chi connectivity index (χ0) is 14.5. The first kappa shape index (κ1) is 15.6. The molecule has 0 saturated heterocycles. The Morgan fingerprint density at radius 3 is 2.58 bits per heavy atom. The summed E-state index contributed by atoms with van der Waals surface area (Å²) in [6.45, 7) is 7.59. The van der Waals surface area contributed by atoms with Crippen molar-refractivity contribution in [1.82, 2.24) is 0 Å². The molecule has 0 saturated carbocycles. The Kier molecular flexibility index (Phi) is 5.41. The molecular weight excluding hydrogens is 260 g/mol. The number of methoxy groups -OCH3 is 1. The topological polar surface area (TPSA) is 55.8 Å². The molecule has 0 atom stereocenters. The number of hydrogen-bond donors (Lipinski definition) is 1. The molecule has 0 unspecified atom stereocenters. The van der Waals surface area contributed by atoms with E-state index in [0.29, 0.717) is 12.4 Å². The lowest BCUT2D eigenvalue weighted by Crippen LogP contribution is -2.20. The zero-order valence-electron chi connectivity index (χ0n) is 12.0. The van der Waals surface area contributed by atoms with Crippen molar-refractivity contribution < 1.29 is 19.4 Å². The molecule has 0 aromatic heterocycles. The highest BCUT2D eigenvalue weighted by Gasteiger charge is 2.14. The smallest absolute Gasteiger partial charge is 0.341 e. The minimum atomic E-state index is -1.03. The number of aromatic hydroxyl groups is 1. The summed E-state index contributed by atoms with van der Waals surface area (Å²) < 4.78 is 10.2. The Labute approximate surface area is 115 Å². The Morgan fingerprint density at radius 1 is 1.32 bits per heavy atom. The van der Waals surface area contributed by atoms with Crippen LogP contribution in [0.25, 0.3) is 0 Å². The first-order chi connectivity index (χ1) is 8.83. The van der Waals surface area contributed by atoms with Crippen LogP contribution in [-0.2, 0) is 4.74 Å². The van der Waals surface area contributed by atoms with Gasteiger partial charge in [-0.2, -0.15) is 0 Å². The molecule has 19 heavy (non-hydrogen) atoms. The Hall–Kier alpha value is -1.49. The second-order valence-corrected chi connectivity index (χ2v) is 11.3. The van der Waals surface area contributed by atoms with Crippen molar-refractivity contribution in [3.05, 3.63) is 23.8 Å². The minimum Gasteiger partial charge on any atom is -0.507 e. The van der Waals surface area contributed by atoms with E-state index < -0.39 is 14.0 Å². The van der Waals surface area contributed by atoms with E-state index in [9.17, 15) is 9.90 Å². The fraction of sp³-hybridized carbons (Fsp3) is 0.500. The van der Waals surface area contributed by atoms with Crippen molar-refractivity contribution in [1.29, 1.82) is 0 Å². The van der Waals surface area contributed by atoms with Gasteiger partial charge in [-0.1, -0.05) is 25.7 Å². The second kappa shape index (κ2) is 6.61. The predicted molar refractivity (Wildman–Crippen MR) is 77.7 cm³/mol. The van der Waals surface area contributed by atoms with Crippen LogP contribution in [0.4, 0.5) is 0 Å². The van der Waals surface area contributed by atoms with Gasteiger partial charge in [-0.05, 0) is 24.6 Å². The Morgan fingerprint density at radius 2 is 2.00 bits per heavy atom. The largest absolute Gasteiger partial charge is 0.507 e. The van der Waals surface area contributed by atoms with Gasteiger partial charge in [0.1, 0.15) is 17.1 Å². The van der Waals surface area contributed by atoms with Crippen molar-refractivity contribution in [3.8, 4) is 11.5 Å². The lowest BCUT2D eigenvalue weighted by Gasteiger charge is -2.15. The van der Waals surface area contributed by atoms with Crippen molar-refractivity contribution in [3.63, 3.8) is 0 Å². The molecule has 0 aliphatic heterocycles. The van der Waals surface area contributed by atoms with E-state index in [1.54, 1.807) is 6.07 Å². The van der Waals surface area contributed by atoms with Gasteiger partial charge in [0.2, 0.25) is 0 Å². The molecule has 0 bridgehead atoms. The van der Waals surface area contributed by atoms with Crippen molar-refractivity contribution >= 4 is 14.0 Å². The van der Waals surface area contributed by atoms with E-state index >= 15 is 0 Å². The third-order valence-electron chi connectivity index (χ3n) is 2.71. The molecule has 0 aliphatic carbocycles. The van der Waals surface area contributed by atoms with Crippen LogP contribution in [0.3, 0.4) is 0 Å². The van der Waals surface area contributed by atoms with Crippen LogP contribution in [0, 0.1) is 0 Å². The summed E-state index contributed by atoms with van der Waals surface area (Å²) >= 11 is 0. The van der Waals surface area contributed by atoms with Crippen LogP contribution in [0.2, 0.25) is 25.7 Å². The number of carbonyl (C=O) groups is 1. The molecule has 5 heteroatoms. The number of rotatable bonds is 6. The highest BCUT2D eigenvalue weighted by Crippen LogP contribution is 2.24. The summed E-state index contributed by atoms with van der Waals surface area (Å²) in [5.74, 6) is -0.0832. The monoisotopic (exact) mass is 282 g/mol. The standard InChI is InChI=1S/C14H22O4Si/c1-17-14(16)12-10-11(6-7-13(12)15)18-8-5-9-19(2,3)4/h6-7,10,15H,5,8-9H2,1-4H3. The van der Waals surface area contributed by atoms with Gasteiger partial charge in [0.05, 0.1) is 13.7 Å². The van der Waals surface area contributed by atoms with Crippen LogP contribution >= 0.6 is 0 Å². The normalized spacial score (nSPS) is 11.2. The lowest BCUT2D eigenvalue weighted by atomic mass is 10.2. The van der Waals surface area contributed by atoms with Crippen LogP contribution in [0.5, 0.6) is 11.5 Å². The molecule has 106 valence electrons. The van der Waals surface area contributed by atoms with E-state index in [1.807, 2.05) is 0 Å². The quantitative estimate of drug-likeness (QED) is 0.494. The molecule has 0 aliphatic rings. The van der Waals surface area contributed by atoms with Gasteiger partial charge in [-0.25, -0.2) is 4.79 Å². The zero-order valence-corrected chi connectivity index (χ0v) is 13.0. The number of phenolic OH excluding ortho intramolecular Hbond substituents is 1. The van der Waals surface area contributed by atoms with Gasteiger partial charge >= 0.3 is 5.97 Å². The summed E-state index contributed by atoms with van der Waals surface area (Å²) in [6.07, 6.45) is 1.00. The van der Waals surface area contributed by atoms with Gasteiger partial charge in [0.25, 0.3) is 0 Å². The SMILES string of the molecule is COC(=O)c1cc(OCCC[Si](C)(C)C)ccc1O. The minimum absolute atomic E-state index is 0.0960. The van der Waals surface area contributed by atoms with Crippen molar-refractivity contribution in [2.75, 3.05) is 13.7 Å². The first-order valence-corrected chi connectivity index (χ1v) is 10.1. The van der Waals surface area contributed by atoms with Crippen LogP contribution in [0.1, 0.15) is 16.8 Å². The van der Waals surface area contributed by atoms with E-state index in [4.69, 9.17) is 4.74 Å². The molecule has 1 aromatic carbocycles. The number of esters is 1. The van der Waals surface area contributed by atoms with E-state index in [0.717, 1.165) is 6.42 Å². The molecule has 0 fully saturated rings. The van der Waals surface area contributed by atoms with E-state index in [1.165, 1.54) is 25.3 Å². The van der Waals surface area contributed by atoms with Crippen molar-refractivity contribution in [2.24, 2.45) is 0 Å². The number of carbonyl (C=O) groups excluding carboxylic acids is 1. The predicted octanol–water partition coefficient (Wildman–Crippen LogP) is 3.29. The second-order valence-electron chi connectivity index (χ2n) is 5.68. The average molecular weight is 282 g/mol. The number of ether oxygens (including phenoxy) is 2. The van der Waals surface area contributed by atoms with Gasteiger partial charge < -0.3 is 14.6 Å². The van der Waals surface area contributed by atoms with Crippen LogP contribution < -0.4 is 4.74 Å². The van der Waals surface area contributed by atoms with Gasteiger partial charge in [0, 0.05) is 8.07 Å². The highest BCUT2D eigenvalue weighted by atomic mass is 28.3. The maximum absolute atomic E-state index is 11.4. The molecule has 0 heterocycles. The average Bonchev–Trinajstić information content (AvgIpc) is 2.34. The number of benzene rings is 1. The highest BCUT2D eigenvalue weighted by molar-refractivity contribution is 6.76. The van der Waals surface area contributed by atoms with Crippen LogP contribution in [-0.4, -0.2) is 32.9 Å². The van der Waals surface area contributed by atoms with Gasteiger partial charge in [0.15, 0.2) is 0 Å². The molecule has 1 aromatic rings. The summed E-state index contributed by atoms with van der Waals surface area (Å²) in [4.78, 5) is 11.4.